The number of ether oxygens (including phenoxy) is 3. The molecule has 9 nitrogen and oxygen atoms in total. The second-order valence-electron chi connectivity index (χ2n) is 3.72. The zero-order valence-electron chi connectivity index (χ0n) is 9.96. The van der Waals surface area contributed by atoms with E-state index in [1.165, 1.54) is 7.11 Å². The molecule has 0 radical (unpaired) electrons. The van der Waals surface area contributed by atoms with Gasteiger partial charge in [-0.1, -0.05) is 5.11 Å². The zero-order chi connectivity index (χ0) is 13.7. The Morgan fingerprint density at radius 3 is 2.72 bits per heavy atom. The number of carbonyl (C=O) groups is 1. The van der Waals surface area contributed by atoms with Crippen LogP contribution in [-0.4, -0.2) is 60.5 Å². The third-order valence-electron chi connectivity index (χ3n) is 2.54. The van der Waals surface area contributed by atoms with Crippen molar-refractivity contribution in [1.29, 1.82) is 0 Å². The SMILES string of the molecule is CO[C@@H]1O[C@H](CO)[C@H](O)[C@H](OC(C)=O)[C@H]1N=[N+]=[N-]. The largest absolute Gasteiger partial charge is 0.459 e. The van der Waals surface area contributed by atoms with Gasteiger partial charge >= 0.3 is 5.97 Å². The maximum absolute atomic E-state index is 11.0. The fourth-order valence-electron chi connectivity index (χ4n) is 1.76. The Morgan fingerprint density at radius 1 is 1.61 bits per heavy atom. The molecule has 1 fully saturated rings. The lowest BCUT2D eigenvalue weighted by Crippen LogP contribution is -2.59. The molecule has 1 rings (SSSR count). The van der Waals surface area contributed by atoms with Gasteiger partial charge in [-0.2, -0.15) is 0 Å². The maximum atomic E-state index is 11.0. The minimum absolute atomic E-state index is 0.484. The van der Waals surface area contributed by atoms with E-state index in [1.54, 1.807) is 0 Å². The van der Waals surface area contributed by atoms with Crippen LogP contribution < -0.4 is 0 Å². The van der Waals surface area contributed by atoms with Crippen molar-refractivity contribution in [3.8, 4) is 0 Å². The van der Waals surface area contributed by atoms with E-state index in [1.807, 2.05) is 0 Å². The number of hydrogen-bond donors (Lipinski definition) is 2. The summed E-state index contributed by atoms with van der Waals surface area (Å²) >= 11 is 0. The molecule has 0 aromatic carbocycles. The van der Waals surface area contributed by atoms with Crippen molar-refractivity contribution in [1.82, 2.24) is 0 Å². The van der Waals surface area contributed by atoms with E-state index < -0.39 is 43.2 Å². The summed E-state index contributed by atoms with van der Waals surface area (Å²) < 4.78 is 15.1. The molecular formula is C9H15N3O6. The smallest absolute Gasteiger partial charge is 0.303 e. The molecule has 0 saturated carbocycles. The highest BCUT2D eigenvalue weighted by Crippen LogP contribution is 2.26. The molecule has 5 atom stereocenters. The molecule has 0 aromatic rings. The van der Waals surface area contributed by atoms with Crippen LogP contribution in [0.3, 0.4) is 0 Å². The summed E-state index contributed by atoms with van der Waals surface area (Å²) in [7, 11) is 1.31. The zero-order valence-corrected chi connectivity index (χ0v) is 9.96. The fraction of sp³-hybridized carbons (Fsp3) is 0.889. The molecule has 18 heavy (non-hydrogen) atoms. The van der Waals surface area contributed by atoms with Crippen molar-refractivity contribution < 1.29 is 29.2 Å². The van der Waals surface area contributed by atoms with Crippen molar-refractivity contribution >= 4 is 5.97 Å². The Morgan fingerprint density at radius 2 is 2.28 bits per heavy atom. The van der Waals surface area contributed by atoms with Gasteiger partial charge in [0.2, 0.25) is 0 Å². The van der Waals surface area contributed by atoms with Crippen molar-refractivity contribution in [2.75, 3.05) is 13.7 Å². The Hall–Kier alpha value is -1.38. The van der Waals surface area contributed by atoms with Gasteiger partial charge in [0, 0.05) is 18.9 Å². The number of azide groups is 1. The minimum atomic E-state index is -1.30. The molecule has 1 aliphatic heterocycles. The van der Waals surface area contributed by atoms with E-state index >= 15 is 0 Å². The van der Waals surface area contributed by atoms with E-state index in [4.69, 9.17) is 24.8 Å². The quantitative estimate of drug-likeness (QED) is 0.298. The molecule has 0 amide bonds. The van der Waals surface area contributed by atoms with Gasteiger partial charge in [-0.15, -0.1) is 0 Å². The Balaban J connectivity index is 3.00. The monoisotopic (exact) mass is 261 g/mol. The summed E-state index contributed by atoms with van der Waals surface area (Å²) in [6.45, 7) is 0.673. The molecule has 1 aliphatic rings. The lowest BCUT2D eigenvalue weighted by molar-refractivity contribution is -0.261. The summed E-state index contributed by atoms with van der Waals surface area (Å²) in [6.07, 6.45) is -4.43. The summed E-state index contributed by atoms with van der Waals surface area (Å²) in [5.41, 5.74) is 8.47. The highest BCUT2D eigenvalue weighted by atomic mass is 16.7. The van der Waals surface area contributed by atoms with Gasteiger partial charge in [0.15, 0.2) is 6.29 Å². The predicted octanol–water partition coefficient (Wildman–Crippen LogP) is -0.679. The van der Waals surface area contributed by atoms with Crippen LogP contribution in [0.5, 0.6) is 0 Å². The molecule has 2 N–H and O–H groups in total. The number of esters is 1. The van der Waals surface area contributed by atoms with Crippen molar-refractivity contribution in [3.63, 3.8) is 0 Å². The van der Waals surface area contributed by atoms with Gasteiger partial charge in [-0.05, 0) is 5.53 Å². The minimum Gasteiger partial charge on any atom is -0.459 e. The molecule has 0 bridgehead atoms. The van der Waals surface area contributed by atoms with Crippen molar-refractivity contribution in [2.24, 2.45) is 5.11 Å². The number of methoxy groups -OCH3 is 1. The van der Waals surface area contributed by atoms with Crippen LogP contribution in [0.15, 0.2) is 5.11 Å². The number of carbonyl (C=O) groups excluding carboxylic acids is 1. The molecule has 102 valence electrons. The van der Waals surface area contributed by atoms with Gasteiger partial charge in [0.05, 0.1) is 6.61 Å². The third-order valence-corrected chi connectivity index (χ3v) is 2.54. The normalized spacial score (nSPS) is 35.7. The topological polar surface area (TPSA) is 134 Å². The number of aliphatic hydroxyl groups is 2. The van der Waals surface area contributed by atoms with Crippen LogP contribution in [0, 0.1) is 0 Å². The molecular weight excluding hydrogens is 246 g/mol. The summed E-state index contributed by atoms with van der Waals surface area (Å²) in [5.74, 6) is -0.648. The lowest BCUT2D eigenvalue weighted by atomic mass is 9.97. The van der Waals surface area contributed by atoms with Crippen LogP contribution in [0.25, 0.3) is 10.4 Å². The average Bonchev–Trinajstić information content (AvgIpc) is 2.34. The van der Waals surface area contributed by atoms with Gasteiger partial charge in [-0.25, -0.2) is 0 Å². The van der Waals surface area contributed by atoms with E-state index in [0.717, 1.165) is 6.92 Å². The fourth-order valence-corrected chi connectivity index (χ4v) is 1.76. The standard InChI is InChI=1S/C9H15N3O6/c1-4(14)17-8-6(11-12-10)9(16-2)18-5(3-13)7(8)15/h5-9,13,15H,3H2,1-2H3/t5-,6-,7+,8-,9-/m1/s1. The van der Waals surface area contributed by atoms with Crippen LogP contribution in [0.2, 0.25) is 0 Å². The highest BCUT2D eigenvalue weighted by molar-refractivity contribution is 5.66. The average molecular weight is 261 g/mol. The Kier molecular flexibility index (Phi) is 5.32. The van der Waals surface area contributed by atoms with E-state index in [9.17, 15) is 9.90 Å². The van der Waals surface area contributed by atoms with E-state index in [0.29, 0.717) is 0 Å². The Labute approximate surface area is 103 Å². The summed E-state index contributed by atoms with van der Waals surface area (Å²) in [5, 5.41) is 22.3. The molecule has 9 heteroatoms. The van der Waals surface area contributed by atoms with E-state index in [-0.39, 0.29) is 0 Å². The molecule has 1 heterocycles. The molecule has 0 aromatic heterocycles. The number of nitrogens with zero attached hydrogens (tertiary/aromatic N) is 3. The maximum Gasteiger partial charge on any atom is 0.303 e. The lowest BCUT2D eigenvalue weighted by Gasteiger charge is -2.41. The first-order valence-corrected chi connectivity index (χ1v) is 5.23. The summed E-state index contributed by atoms with van der Waals surface area (Å²) in [4.78, 5) is 13.6. The van der Waals surface area contributed by atoms with E-state index in [2.05, 4.69) is 10.0 Å². The first-order valence-electron chi connectivity index (χ1n) is 5.23. The van der Waals surface area contributed by atoms with Crippen molar-refractivity contribution in [2.45, 2.75) is 37.6 Å². The molecule has 0 aliphatic carbocycles. The van der Waals surface area contributed by atoms with Crippen LogP contribution in [0.4, 0.5) is 0 Å². The van der Waals surface area contributed by atoms with Crippen LogP contribution >= 0.6 is 0 Å². The van der Waals surface area contributed by atoms with Crippen LogP contribution in [0.1, 0.15) is 6.92 Å². The van der Waals surface area contributed by atoms with Gasteiger partial charge in [-0.3, -0.25) is 4.79 Å². The second-order valence-corrected chi connectivity index (χ2v) is 3.72. The first-order chi connectivity index (χ1) is 8.54. The van der Waals surface area contributed by atoms with Gasteiger partial charge in [0.25, 0.3) is 0 Å². The first kappa shape index (κ1) is 14.7. The Bertz CT molecular complexity index is 345. The molecule has 0 spiro atoms. The number of rotatable bonds is 4. The van der Waals surface area contributed by atoms with Crippen molar-refractivity contribution in [3.05, 3.63) is 10.4 Å². The van der Waals surface area contributed by atoms with Gasteiger partial charge < -0.3 is 24.4 Å². The molecule has 1 saturated heterocycles. The summed E-state index contributed by atoms with van der Waals surface area (Å²) in [6, 6.07) is -1.03. The number of hydrogen-bond acceptors (Lipinski definition) is 7. The van der Waals surface area contributed by atoms with Crippen LogP contribution in [-0.2, 0) is 19.0 Å². The highest BCUT2D eigenvalue weighted by Gasteiger charge is 2.47. The third kappa shape index (κ3) is 3.09. The second kappa shape index (κ2) is 6.53. The molecule has 0 unspecified atom stereocenters. The van der Waals surface area contributed by atoms with Gasteiger partial charge in [0.1, 0.15) is 24.4 Å². The number of aliphatic hydroxyl groups excluding tert-OH is 2. The predicted molar refractivity (Wildman–Crippen MR) is 57.3 cm³/mol.